The van der Waals surface area contributed by atoms with Gasteiger partial charge in [0.2, 0.25) is 5.95 Å². The van der Waals surface area contributed by atoms with E-state index in [-0.39, 0.29) is 0 Å². The Morgan fingerprint density at radius 1 is 1.40 bits per heavy atom. The maximum Gasteiger partial charge on any atom is 0.201 e. The molecule has 0 aromatic carbocycles. The molecule has 0 saturated carbocycles. The lowest BCUT2D eigenvalue weighted by Gasteiger charge is -2.16. The zero-order chi connectivity index (χ0) is 10.8. The summed E-state index contributed by atoms with van der Waals surface area (Å²) in [6.07, 6.45) is 5.66. The molecule has 0 radical (unpaired) electrons. The normalized spacial score (nSPS) is 11.4. The highest BCUT2D eigenvalue weighted by molar-refractivity contribution is 5.77. The third kappa shape index (κ3) is 1.56. The number of pyridine rings is 1. The molecule has 0 saturated heterocycles. The molecule has 4 nitrogen and oxygen atoms in total. The van der Waals surface area contributed by atoms with Crippen LogP contribution in [0.25, 0.3) is 11.0 Å². The van der Waals surface area contributed by atoms with Gasteiger partial charge in [-0.25, -0.2) is 4.98 Å². The molecule has 0 aliphatic rings. The van der Waals surface area contributed by atoms with Gasteiger partial charge in [-0.1, -0.05) is 13.8 Å². The Balaban J connectivity index is 2.62. The Labute approximate surface area is 89.1 Å². The molecule has 2 heterocycles. The summed E-state index contributed by atoms with van der Waals surface area (Å²) in [5.74, 6) is 0.590. The summed E-state index contributed by atoms with van der Waals surface area (Å²) in [6, 6.07) is 2.40. The van der Waals surface area contributed by atoms with Crippen LogP contribution in [0.5, 0.6) is 0 Å². The quantitative estimate of drug-likeness (QED) is 0.835. The van der Waals surface area contributed by atoms with E-state index in [0.29, 0.717) is 12.0 Å². The third-order valence-corrected chi connectivity index (χ3v) is 2.83. The Morgan fingerprint density at radius 2 is 2.13 bits per heavy atom. The number of aromatic nitrogens is 3. The molecule has 4 heteroatoms. The first-order chi connectivity index (χ1) is 7.27. The first kappa shape index (κ1) is 9.96. The maximum absolute atomic E-state index is 5.93. The lowest BCUT2D eigenvalue weighted by atomic mass is 10.1. The van der Waals surface area contributed by atoms with E-state index in [1.165, 1.54) is 0 Å². The summed E-state index contributed by atoms with van der Waals surface area (Å²) in [4.78, 5) is 8.36. The van der Waals surface area contributed by atoms with Crippen LogP contribution in [0, 0.1) is 0 Å². The minimum Gasteiger partial charge on any atom is -0.369 e. The van der Waals surface area contributed by atoms with Crippen LogP contribution in [-0.4, -0.2) is 14.5 Å². The van der Waals surface area contributed by atoms with Gasteiger partial charge in [-0.2, -0.15) is 0 Å². The van der Waals surface area contributed by atoms with Crippen LogP contribution in [0.15, 0.2) is 18.5 Å². The number of nitrogen functional groups attached to an aromatic ring is 1. The minimum absolute atomic E-state index is 0.428. The van der Waals surface area contributed by atoms with Gasteiger partial charge in [-0.05, 0) is 18.9 Å². The number of nitrogens with zero attached hydrogens (tertiary/aromatic N) is 3. The van der Waals surface area contributed by atoms with Crippen LogP contribution in [-0.2, 0) is 0 Å². The van der Waals surface area contributed by atoms with Crippen molar-refractivity contribution in [3.63, 3.8) is 0 Å². The summed E-state index contributed by atoms with van der Waals surface area (Å²) in [6.45, 7) is 4.33. The van der Waals surface area contributed by atoms with Crippen molar-refractivity contribution in [1.29, 1.82) is 0 Å². The molecular weight excluding hydrogens is 188 g/mol. The lowest BCUT2D eigenvalue weighted by Crippen LogP contribution is -2.10. The molecule has 0 atom stereocenters. The van der Waals surface area contributed by atoms with Gasteiger partial charge < -0.3 is 10.3 Å². The lowest BCUT2D eigenvalue weighted by molar-refractivity contribution is 0.489. The first-order valence-electron chi connectivity index (χ1n) is 5.35. The van der Waals surface area contributed by atoms with Gasteiger partial charge in [0, 0.05) is 12.2 Å². The maximum atomic E-state index is 5.93. The molecular formula is C11H16N4. The fourth-order valence-electron chi connectivity index (χ4n) is 2.01. The fraction of sp³-hybridized carbons (Fsp3) is 0.455. The number of imidazole rings is 1. The average molecular weight is 204 g/mol. The van der Waals surface area contributed by atoms with Crippen molar-refractivity contribution in [2.45, 2.75) is 32.7 Å². The SMILES string of the molecule is CCC(CC)n1c(N)nc2cnccc21. The van der Waals surface area contributed by atoms with Crippen molar-refractivity contribution >= 4 is 17.0 Å². The molecule has 0 fully saturated rings. The molecule has 2 aromatic rings. The van der Waals surface area contributed by atoms with Crippen molar-refractivity contribution in [2.75, 3.05) is 5.73 Å². The summed E-state index contributed by atoms with van der Waals surface area (Å²) < 4.78 is 2.11. The summed E-state index contributed by atoms with van der Waals surface area (Å²) >= 11 is 0. The smallest absolute Gasteiger partial charge is 0.201 e. The number of fused-ring (bicyclic) bond motifs is 1. The average Bonchev–Trinajstić information content (AvgIpc) is 2.58. The minimum atomic E-state index is 0.428. The highest BCUT2D eigenvalue weighted by Crippen LogP contribution is 2.25. The molecule has 0 unspecified atom stereocenters. The van der Waals surface area contributed by atoms with Crippen LogP contribution < -0.4 is 5.73 Å². The van der Waals surface area contributed by atoms with Crippen LogP contribution in [0.4, 0.5) is 5.95 Å². The van der Waals surface area contributed by atoms with Crippen molar-refractivity contribution < 1.29 is 0 Å². The van der Waals surface area contributed by atoms with Gasteiger partial charge in [-0.15, -0.1) is 0 Å². The van der Waals surface area contributed by atoms with Gasteiger partial charge in [0.05, 0.1) is 11.7 Å². The number of rotatable bonds is 3. The van der Waals surface area contributed by atoms with Crippen molar-refractivity contribution in [1.82, 2.24) is 14.5 Å². The summed E-state index contributed by atoms with van der Waals surface area (Å²) in [7, 11) is 0. The van der Waals surface area contributed by atoms with Crippen LogP contribution in [0.2, 0.25) is 0 Å². The Bertz CT molecular complexity index is 457. The predicted octanol–water partition coefficient (Wildman–Crippen LogP) is 2.37. The van der Waals surface area contributed by atoms with E-state index in [4.69, 9.17) is 5.73 Å². The van der Waals surface area contributed by atoms with E-state index in [0.717, 1.165) is 23.9 Å². The van der Waals surface area contributed by atoms with E-state index in [1.807, 2.05) is 6.07 Å². The molecule has 2 N–H and O–H groups in total. The second-order valence-electron chi connectivity index (χ2n) is 3.67. The number of hydrogen-bond donors (Lipinski definition) is 1. The highest BCUT2D eigenvalue weighted by Gasteiger charge is 2.14. The Hall–Kier alpha value is -1.58. The van der Waals surface area contributed by atoms with Crippen molar-refractivity contribution in [3.05, 3.63) is 18.5 Å². The second kappa shape index (κ2) is 3.88. The Morgan fingerprint density at radius 3 is 2.80 bits per heavy atom. The molecule has 80 valence electrons. The zero-order valence-electron chi connectivity index (χ0n) is 9.14. The molecule has 15 heavy (non-hydrogen) atoms. The van der Waals surface area contributed by atoms with Gasteiger partial charge in [0.1, 0.15) is 5.52 Å². The van der Waals surface area contributed by atoms with E-state index in [9.17, 15) is 0 Å². The van der Waals surface area contributed by atoms with Crippen LogP contribution in [0.1, 0.15) is 32.7 Å². The van der Waals surface area contributed by atoms with Crippen LogP contribution >= 0.6 is 0 Å². The monoisotopic (exact) mass is 204 g/mol. The third-order valence-electron chi connectivity index (χ3n) is 2.83. The van der Waals surface area contributed by atoms with E-state index >= 15 is 0 Å². The molecule has 0 spiro atoms. The van der Waals surface area contributed by atoms with Gasteiger partial charge in [0.15, 0.2) is 0 Å². The van der Waals surface area contributed by atoms with Crippen molar-refractivity contribution in [2.24, 2.45) is 0 Å². The predicted molar refractivity (Wildman–Crippen MR) is 61.6 cm³/mol. The van der Waals surface area contributed by atoms with Crippen LogP contribution in [0.3, 0.4) is 0 Å². The molecule has 0 amide bonds. The molecule has 0 bridgehead atoms. The zero-order valence-corrected chi connectivity index (χ0v) is 9.14. The topological polar surface area (TPSA) is 56.7 Å². The molecule has 2 aromatic heterocycles. The number of nitrogens with two attached hydrogens (primary N) is 1. The first-order valence-corrected chi connectivity index (χ1v) is 5.35. The highest BCUT2D eigenvalue weighted by atomic mass is 15.2. The molecule has 0 aliphatic heterocycles. The fourth-order valence-corrected chi connectivity index (χ4v) is 2.01. The summed E-state index contributed by atoms with van der Waals surface area (Å²) in [5.41, 5.74) is 7.89. The number of hydrogen-bond acceptors (Lipinski definition) is 3. The Kier molecular flexibility index (Phi) is 2.58. The van der Waals surface area contributed by atoms with E-state index < -0.39 is 0 Å². The van der Waals surface area contributed by atoms with Crippen molar-refractivity contribution in [3.8, 4) is 0 Å². The van der Waals surface area contributed by atoms with E-state index in [2.05, 4.69) is 28.4 Å². The standard InChI is InChI=1S/C11H16N4/c1-3-8(4-2)15-10-5-6-13-7-9(10)14-11(15)12/h5-8H,3-4H2,1-2H3,(H2,12,14). The molecule has 2 rings (SSSR count). The summed E-state index contributed by atoms with van der Waals surface area (Å²) in [5, 5.41) is 0. The van der Waals surface area contributed by atoms with Gasteiger partial charge in [-0.3, -0.25) is 4.98 Å². The van der Waals surface area contributed by atoms with Gasteiger partial charge in [0.25, 0.3) is 0 Å². The largest absolute Gasteiger partial charge is 0.369 e. The van der Waals surface area contributed by atoms with E-state index in [1.54, 1.807) is 12.4 Å². The van der Waals surface area contributed by atoms with Gasteiger partial charge >= 0.3 is 0 Å². The number of anilines is 1. The second-order valence-corrected chi connectivity index (χ2v) is 3.67. The molecule has 0 aliphatic carbocycles.